The maximum Gasteiger partial charge on any atom is 0.317 e. The van der Waals surface area contributed by atoms with Crippen molar-refractivity contribution >= 4 is 22.8 Å². The van der Waals surface area contributed by atoms with Crippen molar-refractivity contribution in [3.8, 4) is 0 Å². The quantitative estimate of drug-likeness (QED) is 0.656. The zero-order chi connectivity index (χ0) is 13.0. The topological polar surface area (TPSA) is 76.5 Å². The Balaban J connectivity index is 2.12. The first kappa shape index (κ1) is 12.0. The van der Waals surface area contributed by atoms with Crippen LogP contribution in [0.5, 0.6) is 0 Å². The second kappa shape index (κ2) is 5.27. The lowest BCUT2D eigenvalue weighted by molar-refractivity contribution is -0.152. The van der Waals surface area contributed by atoms with Crippen molar-refractivity contribution in [3.05, 3.63) is 42.1 Å². The van der Waals surface area contributed by atoms with Crippen molar-refractivity contribution in [2.24, 2.45) is 0 Å². The molecular weight excluding hydrogens is 234 g/mol. The molecular formula is C13H11NO4. The van der Waals surface area contributed by atoms with Gasteiger partial charge in [0.25, 0.3) is 0 Å². The number of rotatable bonds is 4. The third-order valence-electron chi connectivity index (χ3n) is 2.40. The Bertz CT molecular complexity index is 589. The van der Waals surface area contributed by atoms with Gasteiger partial charge in [0.1, 0.15) is 13.0 Å². The summed E-state index contributed by atoms with van der Waals surface area (Å²) in [5, 5.41) is 9.39. The summed E-state index contributed by atoms with van der Waals surface area (Å²) in [6.45, 7) is 0.0282. The second-order valence-electron chi connectivity index (χ2n) is 3.72. The molecule has 0 radical (unpaired) electrons. The first-order chi connectivity index (χ1) is 8.66. The third-order valence-corrected chi connectivity index (χ3v) is 2.40. The van der Waals surface area contributed by atoms with Crippen molar-refractivity contribution in [2.45, 2.75) is 13.0 Å². The molecule has 0 aliphatic carbocycles. The van der Waals surface area contributed by atoms with Crippen LogP contribution in [0.1, 0.15) is 12.0 Å². The number of hydrogen-bond donors (Lipinski definition) is 1. The number of para-hydroxylation sites is 1. The van der Waals surface area contributed by atoms with Crippen LogP contribution >= 0.6 is 0 Å². The molecule has 1 aromatic carbocycles. The number of aromatic nitrogens is 1. The number of benzene rings is 1. The highest BCUT2D eigenvalue weighted by Gasteiger charge is 2.10. The van der Waals surface area contributed by atoms with Gasteiger partial charge in [0.2, 0.25) is 0 Å². The first-order valence-electron chi connectivity index (χ1n) is 5.37. The molecule has 18 heavy (non-hydrogen) atoms. The number of carboxylic acids is 1. The van der Waals surface area contributed by atoms with Crippen LogP contribution < -0.4 is 0 Å². The van der Waals surface area contributed by atoms with Gasteiger partial charge < -0.3 is 9.84 Å². The fourth-order valence-corrected chi connectivity index (χ4v) is 1.62. The van der Waals surface area contributed by atoms with Gasteiger partial charge in [-0.1, -0.05) is 24.3 Å². The number of esters is 1. The normalized spacial score (nSPS) is 10.2. The molecule has 0 saturated heterocycles. The maximum absolute atomic E-state index is 11.1. The number of ether oxygens (including phenoxy) is 1. The fraction of sp³-hybridized carbons (Fsp3) is 0.154. The van der Waals surface area contributed by atoms with E-state index in [1.165, 1.54) is 0 Å². The highest BCUT2D eigenvalue weighted by molar-refractivity contribution is 5.90. The highest BCUT2D eigenvalue weighted by atomic mass is 16.5. The SMILES string of the molecule is O=C(O)CC(=O)OCc1cccc2cccnc12. The summed E-state index contributed by atoms with van der Waals surface area (Å²) in [5.41, 5.74) is 1.51. The Morgan fingerprint density at radius 2 is 2.00 bits per heavy atom. The molecule has 1 N–H and O–H groups in total. The van der Waals surface area contributed by atoms with E-state index in [0.29, 0.717) is 0 Å². The predicted octanol–water partition coefficient (Wildman–Crippen LogP) is 1.75. The van der Waals surface area contributed by atoms with Crippen LogP contribution in [-0.4, -0.2) is 22.0 Å². The van der Waals surface area contributed by atoms with E-state index in [-0.39, 0.29) is 6.61 Å². The van der Waals surface area contributed by atoms with Crippen molar-refractivity contribution in [2.75, 3.05) is 0 Å². The van der Waals surface area contributed by atoms with Gasteiger partial charge in [-0.15, -0.1) is 0 Å². The summed E-state index contributed by atoms with van der Waals surface area (Å²) in [7, 11) is 0. The summed E-state index contributed by atoms with van der Waals surface area (Å²) < 4.78 is 4.89. The minimum absolute atomic E-state index is 0.0282. The van der Waals surface area contributed by atoms with Crippen molar-refractivity contribution in [1.82, 2.24) is 4.98 Å². The van der Waals surface area contributed by atoms with Gasteiger partial charge in [-0.25, -0.2) is 0 Å². The molecule has 0 amide bonds. The lowest BCUT2D eigenvalue weighted by atomic mass is 10.1. The second-order valence-corrected chi connectivity index (χ2v) is 3.72. The number of fused-ring (bicyclic) bond motifs is 1. The molecule has 5 nitrogen and oxygen atoms in total. The Kier molecular flexibility index (Phi) is 3.52. The summed E-state index contributed by atoms with van der Waals surface area (Å²) >= 11 is 0. The van der Waals surface area contributed by atoms with Crippen LogP contribution in [0.25, 0.3) is 10.9 Å². The van der Waals surface area contributed by atoms with Crippen LogP contribution in [0.3, 0.4) is 0 Å². The Morgan fingerprint density at radius 3 is 2.78 bits per heavy atom. The van der Waals surface area contributed by atoms with Gasteiger partial charge in [-0.05, 0) is 6.07 Å². The minimum atomic E-state index is -1.20. The van der Waals surface area contributed by atoms with Crippen LogP contribution in [0.2, 0.25) is 0 Å². The van der Waals surface area contributed by atoms with Crippen LogP contribution in [-0.2, 0) is 20.9 Å². The Hall–Kier alpha value is -2.43. The van der Waals surface area contributed by atoms with E-state index >= 15 is 0 Å². The van der Waals surface area contributed by atoms with Crippen LogP contribution in [0.4, 0.5) is 0 Å². The lowest BCUT2D eigenvalue weighted by Gasteiger charge is -2.06. The zero-order valence-corrected chi connectivity index (χ0v) is 9.50. The van der Waals surface area contributed by atoms with E-state index in [2.05, 4.69) is 4.98 Å². The zero-order valence-electron chi connectivity index (χ0n) is 9.50. The average Bonchev–Trinajstić information content (AvgIpc) is 2.35. The van der Waals surface area contributed by atoms with Crippen molar-refractivity contribution in [3.63, 3.8) is 0 Å². The van der Waals surface area contributed by atoms with Gasteiger partial charge in [0.15, 0.2) is 0 Å². The summed E-state index contributed by atoms with van der Waals surface area (Å²) in [5.74, 6) is -1.95. The Morgan fingerprint density at radius 1 is 1.22 bits per heavy atom. The monoisotopic (exact) mass is 245 g/mol. The number of nitrogens with zero attached hydrogens (tertiary/aromatic N) is 1. The first-order valence-corrected chi connectivity index (χ1v) is 5.37. The molecule has 2 rings (SSSR count). The molecule has 5 heteroatoms. The average molecular weight is 245 g/mol. The molecule has 0 fully saturated rings. The number of pyridine rings is 1. The van der Waals surface area contributed by atoms with E-state index in [0.717, 1.165) is 16.5 Å². The van der Waals surface area contributed by atoms with Gasteiger partial charge in [0, 0.05) is 17.1 Å². The van der Waals surface area contributed by atoms with Gasteiger partial charge in [-0.2, -0.15) is 0 Å². The van der Waals surface area contributed by atoms with E-state index < -0.39 is 18.4 Å². The highest BCUT2D eigenvalue weighted by Crippen LogP contribution is 2.16. The molecule has 1 heterocycles. The van der Waals surface area contributed by atoms with E-state index in [4.69, 9.17) is 9.84 Å². The van der Waals surface area contributed by atoms with Crippen LogP contribution in [0.15, 0.2) is 36.5 Å². The number of aliphatic carboxylic acids is 1. The lowest BCUT2D eigenvalue weighted by Crippen LogP contribution is -2.10. The molecule has 2 aromatic rings. The third kappa shape index (κ3) is 2.82. The van der Waals surface area contributed by atoms with E-state index in [1.54, 1.807) is 12.3 Å². The standard InChI is InChI=1S/C13H11NO4/c15-11(16)7-12(17)18-8-10-4-1-3-9-5-2-6-14-13(9)10/h1-6H,7-8H2,(H,15,16). The summed E-state index contributed by atoms with van der Waals surface area (Å²) in [6.07, 6.45) is 1.03. The number of carbonyl (C=O) groups is 2. The number of hydrogen-bond acceptors (Lipinski definition) is 4. The maximum atomic E-state index is 11.1. The molecule has 0 unspecified atom stereocenters. The summed E-state index contributed by atoms with van der Waals surface area (Å²) in [6, 6.07) is 9.27. The minimum Gasteiger partial charge on any atom is -0.481 e. The Labute approximate surface area is 103 Å². The molecule has 0 spiro atoms. The predicted molar refractivity (Wildman–Crippen MR) is 63.8 cm³/mol. The molecule has 92 valence electrons. The van der Waals surface area contributed by atoms with Gasteiger partial charge in [-0.3, -0.25) is 14.6 Å². The number of carbonyl (C=O) groups excluding carboxylic acids is 1. The molecule has 0 aliphatic heterocycles. The molecule has 0 bridgehead atoms. The molecule has 1 aromatic heterocycles. The van der Waals surface area contributed by atoms with Gasteiger partial charge in [0.05, 0.1) is 5.52 Å². The van der Waals surface area contributed by atoms with E-state index in [1.807, 2.05) is 24.3 Å². The molecule has 0 aliphatic rings. The van der Waals surface area contributed by atoms with Crippen LogP contribution in [0, 0.1) is 0 Å². The smallest absolute Gasteiger partial charge is 0.317 e. The molecule has 0 atom stereocenters. The van der Waals surface area contributed by atoms with Gasteiger partial charge >= 0.3 is 11.9 Å². The largest absolute Gasteiger partial charge is 0.481 e. The number of carboxylic acid groups (broad SMARTS) is 1. The molecule has 0 saturated carbocycles. The summed E-state index contributed by atoms with van der Waals surface area (Å²) in [4.78, 5) is 25.7. The van der Waals surface area contributed by atoms with E-state index in [9.17, 15) is 9.59 Å². The van der Waals surface area contributed by atoms with Crippen molar-refractivity contribution < 1.29 is 19.4 Å². The fourth-order valence-electron chi connectivity index (χ4n) is 1.62. The van der Waals surface area contributed by atoms with Crippen molar-refractivity contribution in [1.29, 1.82) is 0 Å².